The molecular weight excluding hydrogens is 170 g/mol. The second-order valence-electron chi connectivity index (χ2n) is 2.87. The lowest BCUT2D eigenvalue weighted by atomic mass is 10.3. The number of benzene rings is 1. The summed E-state index contributed by atoms with van der Waals surface area (Å²) in [5, 5.41) is 0.827. The van der Waals surface area contributed by atoms with Crippen LogP contribution in [0.3, 0.4) is 0 Å². The summed E-state index contributed by atoms with van der Waals surface area (Å²) in [4.78, 5) is 2.17. The third-order valence-electron chi connectivity index (χ3n) is 1.82. The summed E-state index contributed by atoms with van der Waals surface area (Å²) in [7, 11) is 2.06. The van der Waals surface area contributed by atoms with E-state index in [-0.39, 0.29) is 0 Å². The molecule has 0 atom stereocenters. The minimum absolute atomic E-state index is 0.827. The molecule has 0 saturated carbocycles. The Balaban J connectivity index is 2.79. The highest BCUT2D eigenvalue weighted by Gasteiger charge is 2.02. The van der Waals surface area contributed by atoms with E-state index in [0.717, 1.165) is 23.7 Å². The van der Waals surface area contributed by atoms with Crippen molar-refractivity contribution in [1.29, 1.82) is 0 Å². The molecule has 0 bridgehead atoms. The van der Waals surface area contributed by atoms with Gasteiger partial charge in [0, 0.05) is 13.6 Å². The molecular formula is C10H14ClN. The van der Waals surface area contributed by atoms with Gasteiger partial charge in [-0.3, -0.25) is 0 Å². The van der Waals surface area contributed by atoms with Crippen molar-refractivity contribution >= 4 is 17.3 Å². The van der Waals surface area contributed by atoms with Crippen LogP contribution in [0, 0.1) is 0 Å². The third-order valence-corrected chi connectivity index (χ3v) is 2.14. The molecule has 1 aromatic carbocycles. The average molecular weight is 184 g/mol. The maximum Gasteiger partial charge on any atom is 0.0639 e. The van der Waals surface area contributed by atoms with Gasteiger partial charge in [-0.1, -0.05) is 30.7 Å². The van der Waals surface area contributed by atoms with E-state index in [2.05, 4.69) is 18.9 Å². The minimum atomic E-state index is 0.827. The van der Waals surface area contributed by atoms with E-state index in [1.165, 1.54) is 0 Å². The summed E-state index contributed by atoms with van der Waals surface area (Å²) in [6.07, 6.45) is 1.14. The third kappa shape index (κ3) is 2.15. The van der Waals surface area contributed by atoms with Gasteiger partial charge in [-0.2, -0.15) is 0 Å². The smallest absolute Gasteiger partial charge is 0.0639 e. The molecule has 0 aliphatic heterocycles. The van der Waals surface area contributed by atoms with Crippen molar-refractivity contribution in [2.24, 2.45) is 0 Å². The summed E-state index contributed by atoms with van der Waals surface area (Å²) >= 11 is 6.01. The standard InChI is InChI=1S/C10H14ClN/c1-3-8-12(2)10-7-5-4-6-9(10)11/h4-7H,3,8H2,1-2H3. The molecule has 0 radical (unpaired) electrons. The van der Waals surface area contributed by atoms with Gasteiger partial charge >= 0.3 is 0 Å². The first-order valence-corrected chi connectivity index (χ1v) is 4.59. The Morgan fingerprint density at radius 3 is 2.58 bits per heavy atom. The fraction of sp³-hybridized carbons (Fsp3) is 0.400. The summed E-state index contributed by atoms with van der Waals surface area (Å²) in [5.41, 5.74) is 1.11. The average Bonchev–Trinajstić information content (AvgIpc) is 2.05. The fourth-order valence-electron chi connectivity index (χ4n) is 1.22. The van der Waals surface area contributed by atoms with Gasteiger partial charge in [-0.15, -0.1) is 0 Å². The number of nitrogens with zero attached hydrogens (tertiary/aromatic N) is 1. The van der Waals surface area contributed by atoms with Crippen LogP contribution >= 0.6 is 11.6 Å². The molecule has 1 nitrogen and oxygen atoms in total. The van der Waals surface area contributed by atoms with Crippen molar-refractivity contribution < 1.29 is 0 Å². The molecule has 0 amide bonds. The molecule has 1 rings (SSSR count). The largest absolute Gasteiger partial charge is 0.373 e. The van der Waals surface area contributed by atoms with E-state index in [0.29, 0.717) is 0 Å². The normalized spacial score (nSPS) is 9.92. The van der Waals surface area contributed by atoms with Gasteiger partial charge < -0.3 is 4.90 Å². The second-order valence-corrected chi connectivity index (χ2v) is 3.28. The second kappa shape index (κ2) is 4.36. The van der Waals surface area contributed by atoms with Crippen molar-refractivity contribution in [2.75, 3.05) is 18.5 Å². The molecule has 0 unspecified atom stereocenters. The topological polar surface area (TPSA) is 3.24 Å². The van der Waals surface area contributed by atoms with E-state index >= 15 is 0 Å². The molecule has 66 valence electrons. The molecule has 0 fully saturated rings. The summed E-state index contributed by atoms with van der Waals surface area (Å²) in [5.74, 6) is 0. The first kappa shape index (κ1) is 9.40. The molecule has 0 heterocycles. The number of hydrogen-bond donors (Lipinski definition) is 0. The lowest BCUT2D eigenvalue weighted by Crippen LogP contribution is -2.17. The summed E-state index contributed by atoms with van der Waals surface area (Å²) in [6.45, 7) is 3.21. The highest BCUT2D eigenvalue weighted by atomic mass is 35.5. The van der Waals surface area contributed by atoms with Gasteiger partial charge in [0.1, 0.15) is 0 Å². The molecule has 0 saturated heterocycles. The number of para-hydroxylation sites is 1. The van der Waals surface area contributed by atoms with Crippen molar-refractivity contribution in [1.82, 2.24) is 0 Å². The van der Waals surface area contributed by atoms with Crippen LogP contribution in [-0.2, 0) is 0 Å². The van der Waals surface area contributed by atoms with Crippen LogP contribution in [0.5, 0.6) is 0 Å². The Morgan fingerprint density at radius 1 is 1.33 bits per heavy atom. The van der Waals surface area contributed by atoms with E-state index in [1.807, 2.05) is 24.3 Å². The zero-order valence-electron chi connectivity index (χ0n) is 7.55. The predicted octanol–water partition coefficient (Wildman–Crippen LogP) is 3.19. The lowest BCUT2D eigenvalue weighted by molar-refractivity contribution is 0.852. The van der Waals surface area contributed by atoms with E-state index in [4.69, 9.17) is 11.6 Å². The van der Waals surface area contributed by atoms with Gasteiger partial charge in [-0.25, -0.2) is 0 Å². The Labute approximate surface area is 79.0 Å². The summed E-state index contributed by atoms with van der Waals surface area (Å²) < 4.78 is 0. The van der Waals surface area contributed by atoms with E-state index in [9.17, 15) is 0 Å². The van der Waals surface area contributed by atoms with Crippen LogP contribution in [0.25, 0.3) is 0 Å². The Bertz CT molecular complexity index is 247. The maximum absolute atomic E-state index is 6.01. The monoisotopic (exact) mass is 183 g/mol. The van der Waals surface area contributed by atoms with Crippen LogP contribution in [0.4, 0.5) is 5.69 Å². The van der Waals surface area contributed by atoms with E-state index < -0.39 is 0 Å². The van der Waals surface area contributed by atoms with Crippen molar-refractivity contribution in [3.05, 3.63) is 29.3 Å². The molecule has 12 heavy (non-hydrogen) atoms. The summed E-state index contributed by atoms with van der Waals surface area (Å²) in [6, 6.07) is 7.92. The van der Waals surface area contributed by atoms with E-state index in [1.54, 1.807) is 0 Å². The number of halogens is 1. The Morgan fingerprint density at radius 2 is 2.00 bits per heavy atom. The predicted molar refractivity (Wildman–Crippen MR) is 55.0 cm³/mol. The Kier molecular flexibility index (Phi) is 3.42. The van der Waals surface area contributed by atoms with Crippen LogP contribution in [0.2, 0.25) is 5.02 Å². The van der Waals surface area contributed by atoms with Crippen LogP contribution < -0.4 is 4.90 Å². The van der Waals surface area contributed by atoms with Gasteiger partial charge in [0.2, 0.25) is 0 Å². The Hall–Kier alpha value is -0.690. The van der Waals surface area contributed by atoms with Crippen molar-refractivity contribution in [3.63, 3.8) is 0 Å². The molecule has 0 spiro atoms. The molecule has 0 aliphatic carbocycles. The zero-order chi connectivity index (χ0) is 8.97. The SMILES string of the molecule is CCCN(C)c1ccccc1Cl. The van der Waals surface area contributed by atoms with Crippen molar-refractivity contribution in [2.45, 2.75) is 13.3 Å². The zero-order valence-corrected chi connectivity index (χ0v) is 8.30. The van der Waals surface area contributed by atoms with Crippen LogP contribution in [-0.4, -0.2) is 13.6 Å². The fourth-order valence-corrected chi connectivity index (χ4v) is 1.50. The maximum atomic E-state index is 6.01. The molecule has 0 N–H and O–H groups in total. The molecule has 0 aromatic heterocycles. The van der Waals surface area contributed by atoms with Gasteiger partial charge in [0.05, 0.1) is 10.7 Å². The number of rotatable bonds is 3. The van der Waals surface area contributed by atoms with Gasteiger partial charge in [-0.05, 0) is 18.6 Å². The van der Waals surface area contributed by atoms with Crippen LogP contribution in [0.15, 0.2) is 24.3 Å². The lowest BCUT2D eigenvalue weighted by Gasteiger charge is -2.19. The first-order valence-electron chi connectivity index (χ1n) is 4.21. The highest BCUT2D eigenvalue weighted by molar-refractivity contribution is 6.33. The first-order chi connectivity index (χ1) is 5.75. The highest BCUT2D eigenvalue weighted by Crippen LogP contribution is 2.23. The van der Waals surface area contributed by atoms with Crippen molar-refractivity contribution in [3.8, 4) is 0 Å². The quantitative estimate of drug-likeness (QED) is 0.696. The molecule has 2 heteroatoms. The molecule has 1 aromatic rings. The van der Waals surface area contributed by atoms with Gasteiger partial charge in [0.15, 0.2) is 0 Å². The number of anilines is 1. The number of hydrogen-bond acceptors (Lipinski definition) is 1. The minimum Gasteiger partial charge on any atom is -0.373 e. The van der Waals surface area contributed by atoms with Crippen LogP contribution in [0.1, 0.15) is 13.3 Å². The van der Waals surface area contributed by atoms with Gasteiger partial charge in [0.25, 0.3) is 0 Å². The molecule has 0 aliphatic rings.